The summed E-state index contributed by atoms with van der Waals surface area (Å²) >= 11 is 0. The predicted octanol–water partition coefficient (Wildman–Crippen LogP) is 1.79. The fraction of sp³-hybridized carbons (Fsp3) is 0.353. The molecule has 0 saturated carbocycles. The first kappa shape index (κ1) is 18.6. The van der Waals surface area contributed by atoms with Crippen molar-refractivity contribution in [3.05, 3.63) is 53.6 Å². The summed E-state index contributed by atoms with van der Waals surface area (Å²) in [5, 5.41) is 0. The van der Waals surface area contributed by atoms with E-state index in [4.69, 9.17) is 0 Å². The summed E-state index contributed by atoms with van der Waals surface area (Å²) in [6.07, 6.45) is 1.98. The Bertz CT molecular complexity index is 880. The first-order valence-electron chi connectivity index (χ1n) is 8.14. The molecule has 7 nitrogen and oxygen atoms in total. The van der Waals surface area contributed by atoms with E-state index < -0.39 is 16.0 Å². The zero-order valence-corrected chi connectivity index (χ0v) is 15.1. The number of hydrogen-bond acceptors (Lipinski definition) is 5. The van der Waals surface area contributed by atoms with Crippen molar-refractivity contribution in [3.8, 4) is 0 Å². The maximum atomic E-state index is 13.0. The highest BCUT2D eigenvalue weighted by molar-refractivity contribution is 7.89. The molecule has 3 rings (SSSR count). The Morgan fingerprint density at radius 1 is 1.27 bits per heavy atom. The second-order valence-electron chi connectivity index (χ2n) is 6.10. The second-order valence-corrected chi connectivity index (χ2v) is 8.03. The van der Waals surface area contributed by atoms with Gasteiger partial charge in [-0.3, -0.25) is 4.90 Å². The molecule has 0 unspecified atom stereocenters. The Labute approximate surface area is 151 Å². The van der Waals surface area contributed by atoms with Gasteiger partial charge in [-0.25, -0.2) is 17.6 Å². The molecule has 1 aliphatic rings. The summed E-state index contributed by atoms with van der Waals surface area (Å²) in [4.78, 5) is 16.2. The number of hydrogen-bond donors (Lipinski definition) is 1. The van der Waals surface area contributed by atoms with E-state index in [1.54, 1.807) is 12.1 Å². The number of benzene rings is 1. The molecule has 1 fully saturated rings. The van der Waals surface area contributed by atoms with Gasteiger partial charge in [-0.15, -0.1) is 0 Å². The lowest BCUT2D eigenvalue weighted by molar-refractivity contribution is 0.0594. The van der Waals surface area contributed by atoms with Gasteiger partial charge in [0.2, 0.25) is 10.0 Å². The van der Waals surface area contributed by atoms with Crippen LogP contribution in [0.15, 0.2) is 41.4 Å². The molecule has 2 heterocycles. The van der Waals surface area contributed by atoms with Crippen LogP contribution in [0.2, 0.25) is 0 Å². The van der Waals surface area contributed by atoms with Gasteiger partial charge in [-0.1, -0.05) is 12.1 Å². The molecule has 1 aliphatic heterocycles. The fourth-order valence-corrected chi connectivity index (χ4v) is 4.37. The first-order valence-corrected chi connectivity index (χ1v) is 9.58. The van der Waals surface area contributed by atoms with E-state index in [1.807, 2.05) is 4.90 Å². The van der Waals surface area contributed by atoms with Crippen LogP contribution in [-0.4, -0.2) is 55.4 Å². The Kier molecular flexibility index (Phi) is 5.40. The summed E-state index contributed by atoms with van der Waals surface area (Å²) in [5.41, 5.74) is 1.01. The molecule has 0 amide bonds. The Morgan fingerprint density at radius 2 is 2.00 bits per heavy atom. The summed E-state index contributed by atoms with van der Waals surface area (Å²) in [6.45, 7) is 1.93. The van der Waals surface area contributed by atoms with E-state index >= 15 is 0 Å². The number of nitrogens with zero attached hydrogens (tertiary/aromatic N) is 2. The molecular weight excluding hydrogens is 361 g/mol. The van der Waals surface area contributed by atoms with Gasteiger partial charge in [0.1, 0.15) is 16.4 Å². The number of carbonyl (C=O) groups excluding carboxylic acids is 1. The van der Waals surface area contributed by atoms with Crippen molar-refractivity contribution in [3.63, 3.8) is 0 Å². The molecule has 1 saturated heterocycles. The van der Waals surface area contributed by atoms with Gasteiger partial charge in [0.25, 0.3) is 0 Å². The van der Waals surface area contributed by atoms with E-state index in [2.05, 4.69) is 9.72 Å². The van der Waals surface area contributed by atoms with Gasteiger partial charge >= 0.3 is 5.97 Å². The number of esters is 1. The van der Waals surface area contributed by atoms with Crippen molar-refractivity contribution in [2.24, 2.45) is 0 Å². The smallest absolute Gasteiger partial charge is 0.354 e. The molecule has 0 bridgehead atoms. The molecule has 2 aromatic rings. The van der Waals surface area contributed by atoms with Gasteiger partial charge in [-0.05, 0) is 30.2 Å². The van der Waals surface area contributed by atoms with Gasteiger partial charge < -0.3 is 9.72 Å². The quantitative estimate of drug-likeness (QED) is 0.799. The number of carbonyl (C=O) groups is 1. The van der Waals surface area contributed by atoms with E-state index in [0.717, 1.165) is 12.1 Å². The molecule has 0 radical (unpaired) electrons. The van der Waals surface area contributed by atoms with Crippen LogP contribution in [0.5, 0.6) is 0 Å². The van der Waals surface area contributed by atoms with E-state index in [-0.39, 0.29) is 23.1 Å². The molecule has 0 atom stereocenters. The van der Waals surface area contributed by atoms with E-state index in [9.17, 15) is 17.6 Å². The standard InChI is InChI=1S/C17H20FN3O4S/c1-25-17(22)16-9-15(10-19-16)26(23,24)21-8-2-7-20(12-21)11-13-3-5-14(18)6-4-13/h3-6,9-10,19H,2,7-8,11-12H2,1H3. The number of ether oxygens (including phenoxy) is 1. The highest BCUT2D eigenvalue weighted by Gasteiger charge is 2.30. The number of halogens is 1. The maximum Gasteiger partial charge on any atom is 0.354 e. The molecule has 26 heavy (non-hydrogen) atoms. The average Bonchev–Trinajstić information content (AvgIpc) is 3.14. The summed E-state index contributed by atoms with van der Waals surface area (Å²) in [6, 6.07) is 7.44. The van der Waals surface area contributed by atoms with Crippen LogP contribution in [-0.2, 0) is 21.3 Å². The lowest BCUT2D eigenvalue weighted by Crippen LogP contribution is -2.46. The van der Waals surface area contributed by atoms with Crippen molar-refractivity contribution >= 4 is 16.0 Å². The van der Waals surface area contributed by atoms with Gasteiger partial charge in [0.05, 0.1) is 13.8 Å². The monoisotopic (exact) mass is 381 g/mol. The summed E-state index contributed by atoms with van der Waals surface area (Å²) in [5.74, 6) is -0.923. The van der Waals surface area contributed by atoms with Crippen molar-refractivity contribution in [2.45, 2.75) is 17.9 Å². The van der Waals surface area contributed by atoms with Crippen molar-refractivity contribution in [1.82, 2.24) is 14.2 Å². The molecule has 0 aliphatic carbocycles. The minimum absolute atomic E-state index is 0.0292. The number of sulfonamides is 1. The summed E-state index contributed by atoms with van der Waals surface area (Å²) < 4.78 is 44.6. The normalized spacial score (nSPS) is 16.5. The molecule has 140 valence electrons. The van der Waals surface area contributed by atoms with E-state index in [1.165, 1.54) is 35.8 Å². The number of nitrogens with one attached hydrogen (secondary N) is 1. The Hall–Kier alpha value is -2.23. The summed E-state index contributed by atoms with van der Waals surface area (Å²) in [7, 11) is -2.49. The van der Waals surface area contributed by atoms with Crippen LogP contribution in [0.3, 0.4) is 0 Å². The zero-order chi connectivity index (χ0) is 18.7. The van der Waals surface area contributed by atoms with Gasteiger partial charge in [0, 0.05) is 25.8 Å². The van der Waals surface area contributed by atoms with Crippen LogP contribution in [0, 0.1) is 5.82 Å². The molecule has 1 aromatic heterocycles. The maximum absolute atomic E-state index is 13.0. The third kappa shape index (κ3) is 3.95. The largest absolute Gasteiger partial charge is 0.464 e. The number of aromatic amines is 1. The lowest BCUT2D eigenvalue weighted by Gasteiger charge is -2.34. The molecular formula is C17H20FN3O4S. The van der Waals surface area contributed by atoms with Crippen molar-refractivity contribution in [2.75, 3.05) is 26.9 Å². The minimum atomic E-state index is -3.72. The van der Waals surface area contributed by atoms with Crippen LogP contribution >= 0.6 is 0 Å². The first-order chi connectivity index (χ1) is 12.4. The minimum Gasteiger partial charge on any atom is -0.464 e. The fourth-order valence-electron chi connectivity index (χ4n) is 2.91. The number of H-pyrrole nitrogens is 1. The second kappa shape index (κ2) is 7.56. The van der Waals surface area contributed by atoms with Gasteiger partial charge in [0.15, 0.2) is 0 Å². The average molecular weight is 381 g/mol. The van der Waals surface area contributed by atoms with Crippen LogP contribution in [0.1, 0.15) is 22.5 Å². The van der Waals surface area contributed by atoms with E-state index in [0.29, 0.717) is 19.5 Å². The SMILES string of the molecule is COC(=O)c1cc(S(=O)(=O)N2CCCN(Cc3ccc(F)cc3)C2)c[nH]1. The molecule has 1 N–H and O–H groups in total. The Balaban J connectivity index is 1.72. The van der Waals surface area contributed by atoms with Crippen LogP contribution in [0.25, 0.3) is 0 Å². The number of aromatic nitrogens is 1. The molecule has 1 aromatic carbocycles. The van der Waals surface area contributed by atoms with Gasteiger partial charge in [-0.2, -0.15) is 4.31 Å². The lowest BCUT2D eigenvalue weighted by atomic mass is 10.2. The highest BCUT2D eigenvalue weighted by Crippen LogP contribution is 2.21. The van der Waals surface area contributed by atoms with Crippen molar-refractivity contribution in [1.29, 1.82) is 0 Å². The van der Waals surface area contributed by atoms with Crippen LogP contribution in [0.4, 0.5) is 4.39 Å². The third-order valence-corrected chi connectivity index (χ3v) is 6.07. The topological polar surface area (TPSA) is 82.7 Å². The van der Waals surface area contributed by atoms with Crippen LogP contribution < -0.4 is 0 Å². The Morgan fingerprint density at radius 3 is 2.69 bits per heavy atom. The van der Waals surface area contributed by atoms with Crippen molar-refractivity contribution < 1.29 is 22.3 Å². The predicted molar refractivity (Wildman–Crippen MR) is 92.3 cm³/mol. The zero-order valence-electron chi connectivity index (χ0n) is 14.3. The number of rotatable bonds is 5. The highest BCUT2D eigenvalue weighted by atomic mass is 32.2. The molecule has 9 heteroatoms. The number of methoxy groups -OCH3 is 1. The third-order valence-electron chi connectivity index (χ3n) is 4.26. The molecule has 0 spiro atoms.